The molecule has 0 radical (unpaired) electrons. The number of amides is 1. The highest BCUT2D eigenvalue weighted by Crippen LogP contribution is 2.21. The van der Waals surface area contributed by atoms with Gasteiger partial charge in [-0.15, -0.1) is 0 Å². The third-order valence-electron chi connectivity index (χ3n) is 2.17. The Morgan fingerprint density at radius 3 is 2.72 bits per heavy atom. The van der Waals surface area contributed by atoms with Crippen LogP contribution in [0.25, 0.3) is 0 Å². The Kier molecular flexibility index (Phi) is 5.12. The number of nitrogens with one attached hydrogen (secondary N) is 2. The molecule has 0 heterocycles. The van der Waals surface area contributed by atoms with Gasteiger partial charge in [-0.1, -0.05) is 15.9 Å². The lowest BCUT2D eigenvalue weighted by Crippen LogP contribution is -2.32. The number of carbonyl (C=O) groups excluding carboxylic acids is 1. The van der Waals surface area contributed by atoms with Crippen molar-refractivity contribution in [3.05, 3.63) is 28.2 Å². The molecule has 6 nitrogen and oxygen atoms in total. The molecule has 100 valence electrons. The molecule has 0 fully saturated rings. The lowest BCUT2D eigenvalue weighted by molar-refractivity contribution is 0.0953. The van der Waals surface area contributed by atoms with E-state index < -0.39 is 15.9 Å². The summed E-state index contributed by atoms with van der Waals surface area (Å²) < 4.78 is 25.0. The topological polar surface area (TPSA) is 95.5 Å². The highest BCUT2D eigenvalue weighted by molar-refractivity contribution is 9.10. The quantitative estimate of drug-likeness (QED) is 0.726. The highest BCUT2D eigenvalue weighted by atomic mass is 79.9. The van der Waals surface area contributed by atoms with Crippen LogP contribution >= 0.6 is 15.9 Å². The molecule has 0 bridgehead atoms. The number of aromatic hydroxyl groups is 1. The summed E-state index contributed by atoms with van der Waals surface area (Å²) in [7, 11) is -2.05. The molecule has 18 heavy (non-hydrogen) atoms. The number of sulfonamides is 1. The summed E-state index contributed by atoms with van der Waals surface area (Å²) in [6, 6.07) is 4.43. The van der Waals surface area contributed by atoms with Crippen LogP contribution in [0.5, 0.6) is 5.75 Å². The molecule has 1 aromatic carbocycles. The van der Waals surface area contributed by atoms with Crippen LogP contribution in [0.2, 0.25) is 0 Å². The zero-order valence-corrected chi connectivity index (χ0v) is 12.0. The predicted octanol–water partition coefficient (Wildman–Crippen LogP) is 0.434. The summed E-state index contributed by atoms with van der Waals surface area (Å²) in [5.74, 6) is -0.906. The number of phenols is 1. The molecule has 0 saturated heterocycles. The average molecular weight is 337 g/mol. The number of hydrogen-bond acceptors (Lipinski definition) is 4. The second kappa shape index (κ2) is 6.17. The Balaban J connectivity index is 2.64. The number of carbonyl (C=O) groups is 1. The van der Waals surface area contributed by atoms with Crippen molar-refractivity contribution in [1.82, 2.24) is 10.0 Å². The van der Waals surface area contributed by atoms with Crippen LogP contribution < -0.4 is 10.0 Å². The summed E-state index contributed by atoms with van der Waals surface area (Å²) in [5, 5.41) is 11.9. The van der Waals surface area contributed by atoms with Gasteiger partial charge in [0.2, 0.25) is 10.0 Å². The van der Waals surface area contributed by atoms with Crippen LogP contribution in [0.3, 0.4) is 0 Å². The van der Waals surface area contributed by atoms with Gasteiger partial charge in [0.05, 0.1) is 11.3 Å². The van der Waals surface area contributed by atoms with E-state index in [1.165, 1.54) is 19.2 Å². The molecule has 0 atom stereocenters. The van der Waals surface area contributed by atoms with Crippen molar-refractivity contribution in [2.75, 3.05) is 19.3 Å². The largest absolute Gasteiger partial charge is 0.507 e. The van der Waals surface area contributed by atoms with Gasteiger partial charge >= 0.3 is 0 Å². The van der Waals surface area contributed by atoms with Crippen molar-refractivity contribution >= 4 is 31.9 Å². The number of halogens is 1. The van der Waals surface area contributed by atoms with Crippen molar-refractivity contribution in [2.24, 2.45) is 0 Å². The van der Waals surface area contributed by atoms with E-state index in [9.17, 15) is 18.3 Å². The first-order chi connectivity index (χ1) is 8.35. The van der Waals surface area contributed by atoms with E-state index >= 15 is 0 Å². The maximum Gasteiger partial charge on any atom is 0.255 e. The van der Waals surface area contributed by atoms with Gasteiger partial charge in [-0.3, -0.25) is 4.79 Å². The number of phenolic OH excluding ortho intramolecular Hbond substituents is 1. The minimum absolute atomic E-state index is 0.0338. The van der Waals surface area contributed by atoms with Crippen LogP contribution in [0.4, 0.5) is 0 Å². The Morgan fingerprint density at radius 2 is 2.11 bits per heavy atom. The van der Waals surface area contributed by atoms with Gasteiger partial charge in [0.15, 0.2) is 0 Å². The van der Waals surface area contributed by atoms with E-state index in [-0.39, 0.29) is 23.6 Å². The van der Waals surface area contributed by atoms with Gasteiger partial charge in [0.25, 0.3) is 5.91 Å². The van der Waals surface area contributed by atoms with Crippen LogP contribution in [0.15, 0.2) is 22.7 Å². The monoisotopic (exact) mass is 336 g/mol. The van der Waals surface area contributed by atoms with E-state index in [0.717, 1.165) is 0 Å². The average Bonchev–Trinajstić information content (AvgIpc) is 2.32. The predicted molar refractivity (Wildman–Crippen MR) is 71.0 cm³/mol. The number of rotatable bonds is 5. The van der Waals surface area contributed by atoms with Crippen molar-refractivity contribution in [3.63, 3.8) is 0 Å². The third kappa shape index (κ3) is 4.28. The lowest BCUT2D eigenvalue weighted by Gasteiger charge is -2.07. The van der Waals surface area contributed by atoms with E-state index in [0.29, 0.717) is 4.47 Å². The molecule has 1 amide bonds. The first-order valence-corrected chi connectivity index (χ1v) is 7.48. The third-order valence-corrected chi connectivity index (χ3v) is 4.03. The van der Waals surface area contributed by atoms with Crippen LogP contribution in [-0.2, 0) is 10.0 Å². The number of benzene rings is 1. The molecule has 0 unspecified atom stereocenters. The molecule has 0 aliphatic heterocycles. The normalized spacial score (nSPS) is 11.2. The SMILES string of the molecule is CNS(=O)(=O)CCNC(=O)c1cc(Br)ccc1O. The summed E-state index contributed by atoms with van der Waals surface area (Å²) >= 11 is 3.18. The van der Waals surface area contributed by atoms with E-state index in [2.05, 4.69) is 26.0 Å². The molecule has 0 aliphatic carbocycles. The molecule has 1 aromatic rings. The first-order valence-electron chi connectivity index (χ1n) is 5.03. The standard InChI is InChI=1S/C10H13BrN2O4S/c1-12-18(16,17)5-4-13-10(15)8-6-7(11)2-3-9(8)14/h2-3,6,12,14H,4-5H2,1H3,(H,13,15). The van der Waals surface area contributed by atoms with Crippen molar-refractivity contribution in [2.45, 2.75) is 0 Å². The fraction of sp³-hybridized carbons (Fsp3) is 0.300. The Morgan fingerprint density at radius 1 is 1.44 bits per heavy atom. The fourth-order valence-corrected chi connectivity index (χ4v) is 2.12. The number of hydrogen-bond donors (Lipinski definition) is 3. The summed E-state index contributed by atoms with van der Waals surface area (Å²) in [5.41, 5.74) is 0.0891. The van der Waals surface area contributed by atoms with Gasteiger partial charge in [-0.05, 0) is 25.2 Å². The zero-order valence-electron chi connectivity index (χ0n) is 9.60. The lowest BCUT2D eigenvalue weighted by atomic mass is 10.2. The molecule has 1 rings (SSSR count). The molecular formula is C10H13BrN2O4S. The van der Waals surface area contributed by atoms with Crippen molar-refractivity contribution in [1.29, 1.82) is 0 Å². The molecule has 0 aliphatic rings. The zero-order chi connectivity index (χ0) is 13.8. The molecule has 0 saturated carbocycles. The molecule has 0 spiro atoms. The summed E-state index contributed by atoms with van der Waals surface area (Å²) in [6.45, 7) is -0.0338. The van der Waals surface area contributed by atoms with E-state index in [4.69, 9.17) is 0 Å². The van der Waals surface area contributed by atoms with E-state index in [1.54, 1.807) is 6.07 Å². The maximum atomic E-state index is 11.7. The van der Waals surface area contributed by atoms with Crippen molar-refractivity contribution in [3.8, 4) is 5.75 Å². The smallest absolute Gasteiger partial charge is 0.255 e. The minimum atomic E-state index is -3.35. The van der Waals surface area contributed by atoms with Crippen molar-refractivity contribution < 1.29 is 18.3 Å². The summed E-state index contributed by atoms with van der Waals surface area (Å²) in [4.78, 5) is 11.7. The second-order valence-electron chi connectivity index (χ2n) is 3.44. The Hall–Kier alpha value is -1.12. The summed E-state index contributed by atoms with van der Waals surface area (Å²) in [6.07, 6.45) is 0. The molecule has 8 heteroatoms. The van der Waals surface area contributed by atoms with Gasteiger partial charge in [-0.25, -0.2) is 13.1 Å². The first kappa shape index (κ1) is 14.9. The van der Waals surface area contributed by atoms with Crippen LogP contribution in [0.1, 0.15) is 10.4 Å². The molecule has 3 N–H and O–H groups in total. The minimum Gasteiger partial charge on any atom is -0.507 e. The fourth-order valence-electron chi connectivity index (χ4n) is 1.19. The maximum absolute atomic E-state index is 11.7. The Bertz CT molecular complexity index is 545. The van der Waals surface area contributed by atoms with Gasteiger partial charge in [0, 0.05) is 11.0 Å². The van der Waals surface area contributed by atoms with E-state index in [1.807, 2.05) is 0 Å². The molecular weight excluding hydrogens is 324 g/mol. The van der Waals surface area contributed by atoms with Gasteiger partial charge in [0.1, 0.15) is 5.75 Å². The molecule has 0 aromatic heterocycles. The van der Waals surface area contributed by atoms with Gasteiger partial charge < -0.3 is 10.4 Å². The van der Waals surface area contributed by atoms with Gasteiger partial charge in [-0.2, -0.15) is 0 Å². The van der Waals surface area contributed by atoms with Crippen LogP contribution in [-0.4, -0.2) is 38.8 Å². The second-order valence-corrected chi connectivity index (χ2v) is 6.40. The Labute approximate surface area is 114 Å². The van der Waals surface area contributed by atoms with Crippen LogP contribution in [0, 0.1) is 0 Å². The highest BCUT2D eigenvalue weighted by Gasteiger charge is 2.13.